The summed E-state index contributed by atoms with van der Waals surface area (Å²) in [5, 5.41) is 13.7. The van der Waals surface area contributed by atoms with E-state index in [1.54, 1.807) is 41.5 Å². The predicted octanol–water partition coefficient (Wildman–Crippen LogP) is 3.12. The maximum Gasteiger partial charge on any atom is 0.278 e. The van der Waals surface area contributed by atoms with Gasteiger partial charge in [0.25, 0.3) is 5.56 Å². The topological polar surface area (TPSA) is 121 Å². The molecular weight excluding hydrogens is 528 g/mol. The Bertz CT molecular complexity index is 1740. The zero-order valence-electron chi connectivity index (χ0n) is 22.9. The second-order valence-electron chi connectivity index (χ2n) is 10.1. The van der Waals surface area contributed by atoms with Crippen molar-refractivity contribution in [1.82, 2.24) is 24.2 Å². The van der Waals surface area contributed by atoms with Gasteiger partial charge < -0.3 is 20.2 Å². The molecule has 0 spiro atoms. The molecule has 0 radical (unpaired) electrons. The van der Waals surface area contributed by atoms with Crippen molar-refractivity contribution in [3.8, 4) is 5.69 Å². The van der Waals surface area contributed by atoms with Gasteiger partial charge in [0.05, 0.1) is 24.5 Å². The smallest absolute Gasteiger partial charge is 0.278 e. The minimum Gasteiger partial charge on any atom is -0.392 e. The molecule has 0 amide bonds. The van der Waals surface area contributed by atoms with Crippen LogP contribution in [0.15, 0.2) is 70.5 Å². The van der Waals surface area contributed by atoms with Crippen LogP contribution in [0.4, 0.5) is 23.0 Å². The first-order valence-corrected chi connectivity index (χ1v) is 15.3. The van der Waals surface area contributed by atoms with Gasteiger partial charge in [0.15, 0.2) is 5.65 Å². The highest BCUT2D eigenvalue weighted by molar-refractivity contribution is 7.92. The second kappa shape index (κ2) is 11.2. The molecule has 0 unspecified atom stereocenters. The summed E-state index contributed by atoms with van der Waals surface area (Å²) in [4.78, 5) is 27.0. The fourth-order valence-electron chi connectivity index (χ4n) is 4.85. The minimum atomic E-state index is -2.37. The summed E-state index contributed by atoms with van der Waals surface area (Å²) in [5.74, 6) is 0.305. The second-order valence-corrected chi connectivity index (χ2v) is 12.7. The van der Waals surface area contributed by atoms with E-state index in [4.69, 9.17) is 4.98 Å². The standard InChI is InChI=1S/C28H34N8O3S/c1-5-11-35-27(38)24-18-29-28(31-26(24)36(35)23-8-6-7-22(17-23)32-40(3,4)39)30-21-9-10-25(20(16-21)19-37)34-14-12-33(2)13-15-34/h5-10,16-18,37H,1,11-15,19H2,2-4H3,(H,29,30,31). The Balaban J connectivity index is 1.54. The summed E-state index contributed by atoms with van der Waals surface area (Å²) in [6.07, 6.45) is 6.29. The summed E-state index contributed by atoms with van der Waals surface area (Å²) in [5.41, 5.74) is 3.89. The lowest BCUT2D eigenvalue weighted by molar-refractivity contribution is 0.280. The molecule has 11 nitrogen and oxygen atoms in total. The Kier molecular flexibility index (Phi) is 7.74. The molecule has 1 saturated heterocycles. The number of aromatic nitrogens is 4. The number of piperazine rings is 1. The van der Waals surface area contributed by atoms with Crippen LogP contribution in [0.25, 0.3) is 16.7 Å². The van der Waals surface area contributed by atoms with Crippen molar-refractivity contribution in [1.29, 1.82) is 0 Å². The fraction of sp³-hybridized carbons (Fsp3) is 0.321. The predicted molar refractivity (Wildman–Crippen MR) is 161 cm³/mol. The molecule has 0 aliphatic carbocycles. The number of aliphatic hydroxyl groups is 1. The van der Waals surface area contributed by atoms with E-state index in [9.17, 15) is 14.1 Å². The molecule has 0 bridgehead atoms. The van der Waals surface area contributed by atoms with Crippen LogP contribution in [0, 0.1) is 0 Å². The maximum absolute atomic E-state index is 13.3. The van der Waals surface area contributed by atoms with E-state index in [1.165, 1.54) is 10.9 Å². The SMILES string of the molecule is C=CCn1c(=O)c2cnc(Nc3ccc(N4CCN(C)CC4)c(CO)c3)nc2n1-c1cccc(N=S(C)(C)=O)c1. The third-order valence-corrected chi connectivity index (χ3v) is 7.38. The molecular formula is C28H34N8O3S. The molecule has 1 fully saturated rings. The van der Waals surface area contributed by atoms with Gasteiger partial charge in [-0.15, -0.1) is 6.58 Å². The summed E-state index contributed by atoms with van der Waals surface area (Å²) in [6.45, 7) is 7.70. The zero-order valence-corrected chi connectivity index (χ0v) is 23.8. The number of allylic oxidation sites excluding steroid dienone is 1. The van der Waals surface area contributed by atoms with E-state index in [0.717, 1.165) is 43.1 Å². The Morgan fingerprint density at radius 1 is 1.15 bits per heavy atom. The number of nitrogens with one attached hydrogen (secondary N) is 1. The van der Waals surface area contributed by atoms with E-state index >= 15 is 0 Å². The molecule has 1 aliphatic heterocycles. The first-order valence-electron chi connectivity index (χ1n) is 13.0. The number of nitrogens with zero attached hydrogens (tertiary/aromatic N) is 7. The van der Waals surface area contributed by atoms with Crippen molar-refractivity contribution >= 4 is 43.8 Å². The largest absolute Gasteiger partial charge is 0.392 e. The molecule has 2 N–H and O–H groups in total. The van der Waals surface area contributed by atoms with Crippen molar-refractivity contribution < 1.29 is 9.32 Å². The number of likely N-dealkylation sites (N-methyl/N-ethyl adjacent to an activating group) is 1. The average Bonchev–Trinajstić information content (AvgIpc) is 3.19. The monoisotopic (exact) mass is 562 g/mol. The minimum absolute atomic E-state index is 0.0930. The Morgan fingerprint density at radius 3 is 2.62 bits per heavy atom. The molecule has 1 aliphatic rings. The zero-order chi connectivity index (χ0) is 28.4. The molecule has 5 rings (SSSR count). The highest BCUT2D eigenvalue weighted by Gasteiger charge is 2.19. The Labute approximate surface area is 233 Å². The molecule has 3 heterocycles. The summed E-state index contributed by atoms with van der Waals surface area (Å²) >= 11 is 0. The van der Waals surface area contributed by atoms with Crippen LogP contribution in [0.5, 0.6) is 0 Å². The van der Waals surface area contributed by atoms with Crippen LogP contribution in [0.1, 0.15) is 5.56 Å². The molecule has 12 heteroatoms. The highest BCUT2D eigenvalue weighted by Crippen LogP contribution is 2.27. The van der Waals surface area contributed by atoms with Crippen LogP contribution in [0.3, 0.4) is 0 Å². The van der Waals surface area contributed by atoms with E-state index in [2.05, 4.69) is 38.1 Å². The molecule has 0 atom stereocenters. The van der Waals surface area contributed by atoms with E-state index in [-0.39, 0.29) is 18.7 Å². The van der Waals surface area contributed by atoms with Crippen LogP contribution >= 0.6 is 0 Å². The lowest BCUT2D eigenvalue weighted by Crippen LogP contribution is -2.44. The van der Waals surface area contributed by atoms with Gasteiger partial charge >= 0.3 is 0 Å². The van der Waals surface area contributed by atoms with Crippen molar-refractivity contribution in [2.45, 2.75) is 13.2 Å². The number of benzene rings is 2. The quantitative estimate of drug-likeness (QED) is 0.314. The van der Waals surface area contributed by atoms with Crippen LogP contribution in [0.2, 0.25) is 0 Å². The number of rotatable bonds is 8. The normalized spacial score (nSPS) is 14.4. The molecule has 210 valence electrons. The summed E-state index contributed by atoms with van der Waals surface area (Å²) in [6, 6.07) is 13.0. The van der Waals surface area contributed by atoms with Gasteiger partial charge in [0, 0.05) is 71.6 Å². The molecule has 4 aromatic rings. The Morgan fingerprint density at radius 2 is 1.93 bits per heavy atom. The lowest BCUT2D eigenvalue weighted by atomic mass is 10.1. The van der Waals surface area contributed by atoms with Gasteiger partial charge in [0.1, 0.15) is 5.39 Å². The summed E-state index contributed by atoms with van der Waals surface area (Å²) in [7, 11) is -0.261. The van der Waals surface area contributed by atoms with Crippen LogP contribution < -0.4 is 15.8 Å². The average molecular weight is 563 g/mol. The number of aliphatic hydroxyl groups excluding tert-OH is 1. The van der Waals surface area contributed by atoms with Crippen molar-refractivity contribution in [2.24, 2.45) is 4.36 Å². The van der Waals surface area contributed by atoms with Crippen molar-refractivity contribution in [2.75, 3.05) is 56.0 Å². The van der Waals surface area contributed by atoms with Crippen LogP contribution in [-0.4, -0.2) is 79.3 Å². The van der Waals surface area contributed by atoms with Gasteiger partial charge in [-0.05, 0) is 43.4 Å². The van der Waals surface area contributed by atoms with Crippen LogP contribution in [-0.2, 0) is 22.9 Å². The van der Waals surface area contributed by atoms with Gasteiger partial charge in [0.2, 0.25) is 5.95 Å². The van der Waals surface area contributed by atoms with E-state index in [1.807, 2.05) is 24.3 Å². The first-order chi connectivity index (χ1) is 19.2. The summed E-state index contributed by atoms with van der Waals surface area (Å²) < 4.78 is 19.8. The number of anilines is 3. The molecule has 2 aromatic carbocycles. The number of hydrogen-bond acceptors (Lipinski definition) is 9. The lowest BCUT2D eigenvalue weighted by Gasteiger charge is -2.35. The van der Waals surface area contributed by atoms with Crippen molar-refractivity contribution in [3.05, 3.63) is 77.2 Å². The van der Waals surface area contributed by atoms with Gasteiger partial charge in [-0.25, -0.2) is 18.6 Å². The van der Waals surface area contributed by atoms with Gasteiger partial charge in [-0.3, -0.25) is 4.79 Å². The first kappa shape index (κ1) is 27.6. The molecule has 40 heavy (non-hydrogen) atoms. The fourth-order valence-corrected chi connectivity index (χ4v) is 5.47. The number of fused-ring (bicyclic) bond motifs is 1. The van der Waals surface area contributed by atoms with E-state index in [0.29, 0.717) is 28.4 Å². The maximum atomic E-state index is 13.3. The third-order valence-electron chi connectivity index (χ3n) is 6.73. The highest BCUT2D eigenvalue weighted by atomic mass is 32.2. The van der Waals surface area contributed by atoms with Gasteiger partial charge in [-0.1, -0.05) is 12.1 Å². The molecule has 2 aromatic heterocycles. The molecule has 0 saturated carbocycles. The third kappa shape index (κ3) is 5.79. The number of hydrogen-bond donors (Lipinski definition) is 2. The Hall–Kier alpha value is -4.00. The van der Waals surface area contributed by atoms with Gasteiger partial charge in [-0.2, -0.15) is 9.35 Å². The van der Waals surface area contributed by atoms with Crippen molar-refractivity contribution in [3.63, 3.8) is 0 Å². The van der Waals surface area contributed by atoms with E-state index < -0.39 is 9.73 Å².